The van der Waals surface area contributed by atoms with Gasteiger partial charge in [0.2, 0.25) is 5.95 Å². The van der Waals surface area contributed by atoms with Crippen molar-refractivity contribution in [2.75, 3.05) is 5.32 Å². The lowest BCUT2D eigenvalue weighted by molar-refractivity contribution is -0.116. The molecule has 5 nitrogen and oxygen atoms in total. The number of ketones is 1. The molecule has 1 aromatic heterocycles. The second kappa shape index (κ2) is 4.51. The van der Waals surface area contributed by atoms with Crippen LogP contribution in [0.3, 0.4) is 0 Å². The SMILES string of the molecule is O=C1CCCC2=C1[C@H](c1ccccc1F)n1ncnc1N2. The second-order valence-corrected chi connectivity index (χ2v) is 5.25. The van der Waals surface area contributed by atoms with Crippen molar-refractivity contribution in [3.8, 4) is 0 Å². The van der Waals surface area contributed by atoms with Crippen LogP contribution in [0.5, 0.6) is 0 Å². The van der Waals surface area contributed by atoms with Gasteiger partial charge < -0.3 is 5.32 Å². The van der Waals surface area contributed by atoms with E-state index in [2.05, 4.69) is 15.4 Å². The van der Waals surface area contributed by atoms with Crippen molar-refractivity contribution in [2.24, 2.45) is 0 Å². The van der Waals surface area contributed by atoms with Crippen LogP contribution in [0.15, 0.2) is 41.9 Å². The monoisotopic (exact) mass is 284 g/mol. The summed E-state index contributed by atoms with van der Waals surface area (Å²) in [6.07, 6.45) is 3.50. The summed E-state index contributed by atoms with van der Waals surface area (Å²) in [6.45, 7) is 0. The summed E-state index contributed by atoms with van der Waals surface area (Å²) in [6, 6.07) is 5.97. The minimum absolute atomic E-state index is 0.0538. The number of carbonyl (C=O) groups excluding carboxylic acids is 1. The number of aromatic nitrogens is 3. The highest BCUT2D eigenvalue weighted by Gasteiger charge is 2.37. The number of rotatable bonds is 1. The Kier molecular flexibility index (Phi) is 2.63. The lowest BCUT2D eigenvalue weighted by Crippen LogP contribution is -2.32. The van der Waals surface area contributed by atoms with Crippen LogP contribution in [-0.4, -0.2) is 20.5 Å². The lowest BCUT2D eigenvalue weighted by Gasteiger charge is -2.32. The molecular formula is C15H13FN4O. The number of nitrogens with zero attached hydrogens (tertiary/aromatic N) is 3. The number of Topliss-reactive ketones (excluding diaryl/α,β-unsaturated/α-hetero) is 1. The number of hydrogen-bond acceptors (Lipinski definition) is 4. The number of carbonyl (C=O) groups is 1. The van der Waals surface area contributed by atoms with Gasteiger partial charge in [-0.25, -0.2) is 9.07 Å². The number of halogens is 1. The fourth-order valence-corrected chi connectivity index (χ4v) is 3.08. The first kappa shape index (κ1) is 12.3. The van der Waals surface area contributed by atoms with Crippen LogP contribution in [0, 0.1) is 5.82 Å². The highest BCUT2D eigenvalue weighted by atomic mass is 19.1. The fourth-order valence-electron chi connectivity index (χ4n) is 3.08. The highest BCUT2D eigenvalue weighted by molar-refractivity contribution is 5.99. The molecule has 106 valence electrons. The van der Waals surface area contributed by atoms with Gasteiger partial charge in [0.25, 0.3) is 0 Å². The minimum Gasteiger partial charge on any atom is -0.328 e. The maximum atomic E-state index is 14.2. The van der Waals surface area contributed by atoms with Crippen molar-refractivity contribution >= 4 is 11.7 Å². The zero-order valence-corrected chi connectivity index (χ0v) is 11.2. The maximum absolute atomic E-state index is 14.2. The van der Waals surface area contributed by atoms with E-state index < -0.39 is 6.04 Å². The van der Waals surface area contributed by atoms with E-state index in [9.17, 15) is 9.18 Å². The molecule has 1 aliphatic heterocycles. The molecule has 0 spiro atoms. The van der Waals surface area contributed by atoms with Crippen molar-refractivity contribution in [3.63, 3.8) is 0 Å². The van der Waals surface area contributed by atoms with Crippen LogP contribution in [0.2, 0.25) is 0 Å². The smallest absolute Gasteiger partial charge is 0.226 e. The second-order valence-electron chi connectivity index (χ2n) is 5.25. The summed E-state index contributed by atoms with van der Waals surface area (Å²) in [5, 5.41) is 7.33. The van der Waals surface area contributed by atoms with Gasteiger partial charge in [0.05, 0.1) is 0 Å². The average molecular weight is 284 g/mol. The Hall–Kier alpha value is -2.50. The van der Waals surface area contributed by atoms with Crippen molar-refractivity contribution < 1.29 is 9.18 Å². The van der Waals surface area contributed by atoms with Gasteiger partial charge in [0.15, 0.2) is 5.78 Å². The van der Waals surface area contributed by atoms with E-state index in [4.69, 9.17) is 0 Å². The molecule has 4 rings (SSSR count). The Morgan fingerprint density at radius 2 is 2.14 bits per heavy atom. The van der Waals surface area contributed by atoms with Gasteiger partial charge in [-0.05, 0) is 18.9 Å². The topological polar surface area (TPSA) is 59.8 Å². The quantitative estimate of drug-likeness (QED) is 0.873. The summed E-state index contributed by atoms with van der Waals surface area (Å²) in [7, 11) is 0. The van der Waals surface area contributed by atoms with Crippen LogP contribution in [-0.2, 0) is 4.79 Å². The lowest BCUT2D eigenvalue weighted by atomic mass is 9.85. The summed E-state index contributed by atoms with van der Waals surface area (Å²) in [5.74, 6) is 0.269. The molecule has 0 fully saturated rings. The summed E-state index contributed by atoms with van der Waals surface area (Å²) < 4.78 is 15.8. The first-order valence-electron chi connectivity index (χ1n) is 6.93. The number of hydrogen-bond donors (Lipinski definition) is 1. The van der Waals surface area contributed by atoms with E-state index in [0.717, 1.165) is 18.5 Å². The van der Waals surface area contributed by atoms with E-state index in [1.165, 1.54) is 12.4 Å². The molecule has 1 aliphatic carbocycles. The molecule has 2 aliphatic rings. The first-order chi connectivity index (χ1) is 10.3. The molecule has 1 N–H and O–H groups in total. The largest absolute Gasteiger partial charge is 0.328 e. The first-order valence-corrected chi connectivity index (χ1v) is 6.93. The molecule has 6 heteroatoms. The fraction of sp³-hybridized carbons (Fsp3) is 0.267. The van der Waals surface area contributed by atoms with Gasteiger partial charge in [0, 0.05) is 23.3 Å². The predicted molar refractivity (Wildman–Crippen MR) is 74.1 cm³/mol. The van der Waals surface area contributed by atoms with Crippen LogP contribution >= 0.6 is 0 Å². The molecule has 0 amide bonds. The third-order valence-corrected chi connectivity index (χ3v) is 4.01. The molecule has 2 heterocycles. The molecule has 1 aromatic carbocycles. The van der Waals surface area contributed by atoms with E-state index >= 15 is 0 Å². The maximum Gasteiger partial charge on any atom is 0.226 e. The third-order valence-electron chi connectivity index (χ3n) is 4.01. The molecule has 0 saturated heterocycles. The van der Waals surface area contributed by atoms with Gasteiger partial charge in [0.1, 0.15) is 18.2 Å². The normalized spacial score (nSPS) is 20.8. The van der Waals surface area contributed by atoms with Crippen molar-refractivity contribution in [1.29, 1.82) is 0 Å². The number of allylic oxidation sites excluding steroid dienone is 2. The number of nitrogens with one attached hydrogen (secondary N) is 1. The number of fused-ring (bicyclic) bond motifs is 1. The van der Waals surface area contributed by atoms with Crippen molar-refractivity contribution in [3.05, 3.63) is 53.2 Å². The van der Waals surface area contributed by atoms with Gasteiger partial charge in [-0.1, -0.05) is 18.2 Å². The summed E-state index contributed by atoms with van der Waals surface area (Å²) in [5.41, 5.74) is 1.91. The van der Waals surface area contributed by atoms with Gasteiger partial charge in [-0.2, -0.15) is 10.1 Å². The molecule has 2 aromatic rings. The molecule has 21 heavy (non-hydrogen) atoms. The molecule has 1 atom stereocenters. The molecule has 0 saturated carbocycles. The Bertz CT molecular complexity index is 765. The van der Waals surface area contributed by atoms with Gasteiger partial charge in [-0.15, -0.1) is 0 Å². The third kappa shape index (κ3) is 1.79. The number of benzene rings is 1. The van der Waals surface area contributed by atoms with Crippen LogP contribution in [0.25, 0.3) is 0 Å². The van der Waals surface area contributed by atoms with E-state index in [1.807, 2.05) is 0 Å². The standard InChI is InChI=1S/C15H13FN4O/c16-10-5-2-1-4-9(10)14-13-11(6-3-7-12(13)21)19-15-17-8-18-20(14)15/h1-2,4-5,8,14H,3,6-7H2,(H,17,18,19)/t14-/m0/s1. The molecule has 0 bridgehead atoms. The van der Waals surface area contributed by atoms with E-state index in [-0.39, 0.29) is 11.6 Å². The Balaban J connectivity index is 1.96. The predicted octanol–water partition coefficient (Wildman–Crippen LogP) is 2.44. The average Bonchev–Trinajstić information content (AvgIpc) is 2.94. The zero-order valence-electron chi connectivity index (χ0n) is 11.2. The molecule has 0 radical (unpaired) electrons. The van der Waals surface area contributed by atoms with E-state index in [0.29, 0.717) is 23.5 Å². The molecule has 0 unspecified atom stereocenters. The molecular weight excluding hydrogens is 271 g/mol. The summed E-state index contributed by atoms with van der Waals surface area (Å²) in [4.78, 5) is 16.5. The Morgan fingerprint density at radius 1 is 1.29 bits per heavy atom. The minimum atomic E-state index is -0.534. The Labute approximate surface area is 120 Å². The van der Waals surface area contributed by atoms with Gasteiger partial charge in [-0.3, -0.25) is 4.79 Å². The summed E-state index contributed by atoms with van der Waals surface area (Å²) >= 11 is 0. The van der Waals surface area contributed by atoms with Gasteiger partial charge >= 0.3 is 0 Å². The van der Waals surface area contributed by atoms with Crippen molar-refractivity contribution in [2.45, 2.75) is 25.3 Å². The van der Waals surface area contributed by atoms with Crippen LogP contribution < -0.4 is 5.32 Å². The zero-order chi connectivity index (χ0) is 14.4. The highest BCUT2D eigenvalue weighted by Crippen LogP contribution is 2.40. The van der Waals surface area contributed by atoms with Crippen LogP contribution in [0.1, 0.15) is 30.9 Å². The Morgan fingerprint density at radius 3 is 3.00 bits per heavy atom. The van der Waals surface area contributed by atoms with Crippen LogP contribution in [0.4, 0.5) is 10.3 Å². The van der Waals surface area contributed by atoms with Crippen molar-refractivity contribution in [1.82, 2.24) is 14.8 Å². The van der Waals surface area contributed by atoms with E-state index in [1.54, 1.807) is 22.9 Å². The number of anilines is 1.